The quantitative estimate of drug-likeness (QED) is 0.386. The molecule has 0 aliphatic carbocycles. The summed E-state index contributed by atoms with van der Waals surface area (Å²) >= 11 is 0. The second-order valence-electron chi connectivity index (χ2n) is 3.66. The zero-order valence-electron chi connectivity index (χ0n) is 11.2. The molecule has 17 heavy (non-hydrogen) atoms. The molecule has 1 amide bonds. The SMILES string of the molecule is C=C(C)C(=O)NCCC[Si](OC)(OC)OCC. The van der Waals surface area contributed by atoms with Gasteiger partial charge < -0.3 is 18.6 Å². The van der Waals surface area contributed by atoms with Crippen molar-refractivity contribution in [2.45, 2.75) is 26.3 Å². The van der Waals surface area contributed by atoms with Gasteiger partial charge in [0.25, 0.3) is 0 Å². The summed E-state index contributed by atoms with van der Waals surface area (Å²) in [5, 5.41) is 2.76. The molecule has 0 aromatic rings. The van der Waals surface area contributed by atoms with Crippen LogP contribution in [0.2, 0.25) is 6.04 Å². The zero-order chi connectivity index (χ0) is 13.3. The van der Waals surface area contributed by atoms with Gasteiger partial charge in [0.15, 0.2) is 0 Å². The fourth-order valence-electron chi connectivity index (χ4n) is 1.36. The Morgan fingerprint density at radius 3 is 2.35 bits per heavy atom. The molecule has 0 aromatic heterocycles. The van der Waals surface area contributed by atoms with Crippen LogP contribution in [0.25, 0.3) is 0 Å². The predicted molar refractivity (Wildman–Crippen MR) is 68.6 cm³/mol. The Bertz CT molecular complexity index is 254. The van der Waals surface area contributed by atoms with Crippen LogP contribution in [0.3, 0.4) is 0 Å². The van der Waals surface area contributed by atoms with E-state index in [1.165, 1.54) is 0 Å². The predicted octanol–water partition coefficient (Wildman–Crippen LogP) is 1.34. The molecule has 0 spiro atoms. The summed E-state index contributed by atoms with van der Waals surface area (Å²) in [6.45, 7) is 8.28. The lowest BCUT2D eigenvalue weighted by Gasteiger charge is -2.25. The first-order valence-electron chi connectivity index (χ1n) is 5.69. The maximum atomic E-state index is 11.2. The maximum Gasteiger partial charge on any atom is 0.500 e. The highest BCUT2D eigenvalue weighted by Gasteiger charge is 2.37. The van der Waals surface area contributed by atoms with Crippen molar-refractivity contribution in [3.05, 3.63) is 12.2 Å². The number of carbonyl (C=O) groups excluding carboxylic acids is 1. The molecule has 1 N–H and O–H groups in total. The van der Waals surface area contributed by atoms with Crippen molar-refractivity contribution in [1.29, 1.82) is 0 Å². The molecule has 0 radical (unpaired) electrons. The van der Waals surface area contributed by atoms with Gasteiger partial charge >= 0.3 is 8.80 Å². The van der Waals surface area contributed by atoms with E-state index in [1.807, 2.05) is 6.92 Å². The number of nitrogens with one attached hydrogen (secondary N) is 1. The van der Waals surface area contributed by atoms with Crippen molar-refractivity contribution in [2.75, 3.05) is 27.4 Å². The second kappa shape index (κ2) is 8.41. The van der Waals surface area contributed by atoms with Crippen LogP contribution in [0.5, 0.6) is 0 Å². The minimum atomic E-state index is -2.52. The fourth-order valence-corrected chi connectivity index (χ4v) is 3.36. The van der Waals surface area contributed by atoms with E-state index in [9.17, 15) is 4.79 Å². The largest absolute Gasteiger partial charge is 0.500 e. The molecular formula is C11H23NO4Si. The minimum absolute atomic E-state index is 0.122. The van der Waals surface area contributed by atoms with Crippen LogP contribution in [0.1, 0.15) is 20.3 Å². The standard InChI is InChI=1S/C11H23NO4Si/c1-6-16-17(14-4,15-5)9-7-8-12-11(13)10(2)3/h2,6-9H2,1,3-5H3,(H,12,13). The first-order chi connectivity index (χ1) is 8.01. The van der Waals surface area contributed by atoms with E-state index in [1.54, 1.807) is 21.1 Å². The van der Waals surface area contributed by atoms with E-state index in [2.05, 4.69) is 11.9 Å². The Morgan fingerprint density at radius 2 is 1.94 bits per heavy atom. The molecule has 0 saturated carbocycles. The third-order valence-electron chi connectivity index (χ3n) is 2.32. The average Bonchev–Trinajstić information content (AvgIpc) is 2.32. The third-order valence-corrected chi connectivity index (χ3v) is 5.26. The Balaban J connectivity index is 3.98. The van der Waals surface area contributed by atoms with Crippen molar-refractivity contribution in [3.63, 3.8) is 0 Å². The van der Waals surface area contributed by atoms with E-state index in [0.717, 1.165) is 6.42 Å². The smallest absolute Gasteiger partial charge is 0.377 e. The summed E-state index contributed by atoms with van der Waals surface area (Å²) in [5.74, 6) is -0.122. The van der Waals surface area contributed by atoms with Crippen molar-refractivity contribution in [1.82, 2.24) is 5.32 Å². The lowest BCUT2D eigenvalue weighted by Crippen LogP contribution is -2.44. The molecule has 0 saturated heterocycles. The zero-order valence-corrected chi connectivity index (χ0v) is 12.2. The van der Waals surface area contributed by atoms with Crippen LogP contribution in [0, 0.1) is 0 Å². The number of rotatable bonds is 9. The first-order valence-corrected chi connectivity index (χ1v) is 7.62. The van der Waals surface area contributed by atoms with Crippen LogP contribution in [0.4, 0.5) is 0 Å². The highest BCUT2D eigenvalue weighted by molar-refractivity contribution is 6.60. The third kappa shape index (κ3) is 5.97. The molecule has 0 fully saturated rings. The normalized spacial score (nSPS) is 11.3. The molecule has 0 heterocycles. The van der Waals surface area contributed by atoms with Crippen LogP contribution in [0.15, 0.2) is 12.2 Å². The Kier molecular flexibility index (Phi) is 8.06. The van der Waals surface area contributed by atoms with Gasteiger partial charge in [0.1, 0.15) is 0 Å². The molecule has 0 aromatic carbocycles. The monoisotopic (exact) mass is 261 g/mol. The minimum Gasteiger partial charge on any atom is -0.377 e. The van der Waals surface area contributed by atoms with E-state index in [0.29, 0.717) is 24.8 Å². The molecule has 6 heteroatoms. The van der Waals surface area contributed by atoms with Gasteiger partial charge in [-0.1, -0.05) is 6.58 Å². The Labute approximate surface area is 105 Å². The molecule has 0 bridgehead atoms. The Morgan fingerprint density at radius 1 is 1.35 bits per heavy atom. The van der Waals surface area contributed by atoms with E-state index >= 15 is 0 Å². The van der Waals surface area contributed by atoms with Gasteiger partial charge in [-0.2, -0.15) is 0 Å². The highest BCUT2D eigenvalue weighted by Crippen LogP contribution is 2.15. The van der Waals surface area contributed by atoms with Crippen LogP contribution < -0.4 is 5.32 Å². The first kappa shape index (κ1) is 16.3. The number of carbonyl (C=O) groups is 1. The number of hydrogen-bond donors (Lipinski definition) is 1. The summed E-state index contributed by atoms with van der Waals surface area (Å²) in [4.78, 5) is 11.2. The van der Waals surface area contributed by atoms with Crippen molar-refractivity contribution in [2.24, 2.45) is 0 Å². The van der Waals surface area contributed by atoms with Crippen LogP contribution in [-0.4, -0.2) is 42.1 Å². The molecule has 0 rings (SSSR count). The molecule has 0 aliphatic heterocycles. The summed E-state index contributed by atoms with van der Waals surface area (Å²) in [6, 6.07) is 0.685. The van der Waals surface area contributed by atoms with Crippen molar-refractivity contribution in [3.8, 4) is 0 Å². The van der Waals surface area contributed by atoms with Gasteiger partial charge in [0.2, 0.25) is 5.91 Å². The average molecular weight is 261 g/mol. The number of hydrogen-bond acceptors (Lipinski definition) is 4. The molecule has 0 unspecified atom stereocenters. The van der Waals surface area contributed by atoms with E-state index in [-0.39, 0.29) is 5.91 Å². The topological polar surface area (TPSA) is 56.8 Å². The maximum absolute atomic E-state index is 11.2. The molecular weight excluding hydrogens is 238 g/mol. The fraction of sp³-hybridized carbons (Fsp3) is 0.727. The molecule has 0 aliphatic rings. The van der Waals surface area contributed by atoms with Crippen LogP contribution >= 0.6 is 0 Å². The molecule has 5 nitrogen and oxygen atoms in total. The number of amides is 1. The van der Waals surface area contributed by atoms with Gasteiger partial charge in [-0.3, -0.25) is 4.79 Å². The molecule has 100 valence electrons. The van der Waals surface area contributed by atoms with Crippen LogP contribution in [-0.2, 0) is 18.1 Å². The lowest BCUT2D eigenvalue weighted by atomic mass is 10.3. The second-order valence-corrected chi connectivity index (χ2v) is 6.64. The summed E-state index contributed by atoms with van der Waals surface area (Å²) < 4.78 is 16.2. The van der Waals surface area contributed by atoms with Gasteiger partial charge in [0, 0.05) is 39.0 Å². The summed E-state index contributed by atoms with van der Waals surface area (Å²) in [6.07, 6.45) is 0.757. The van der Waals surface area contributed by atoms with Gasteiger partial charge in [-0.25, -0.2) is 0 Å². The van der Waals surface area contributed by atoms with Gasteiger partial charge in [-0.15, -0.1) is 0 Å². The van der Waals surface area contributed by atoms with E-state index in [4.69, 9.17) is 13.3 Å². The van der Waals surface area contributed by atoms with Crippen molar-refractivity contribution >= 4 is 14.7 Å². The van der Waals surface area contributed by atoms with Gasteiger partial charge in [-0.05, 0) is 20.3 Å². The van der Waals surface area contributed by atoms with Crippen molar-refractivity contribution < 1.29 is 18.1 Å². The Hall–Kier alpha value is -0.693. The summed E-state index contributed by atoms with van der Waals surface area (Å²) in [5.41, 5.74) is 0.511. The summed E-state index contributed by atoms with van der Waals surface area (Å²) in [7, 11) is 0.674. The lowest BCUT2D eigenvalue weighted by molar-refractivity contribution is -0.117. The highest BCUT2D eigenvalue weighted by atomic mass is 28.4. The van der Waals surface area contributed by atoms with E-state index < -0.39 is 8.80 Å². The molecule has 0 atom stereocenters. The van der Waals surface area contributed by atoms with Gasteiger partial charge in [0.05, 0.1) is 0 Å².